The number of H-pyrrole nitrogens is 1. The molecule has 5 heteroatoms. The topological polar surface area (TPSA) is 95.6 Å². The number of nitriles is 1. The third-order valence-electron chi connectivity index (χ3n) is 5.62. The van der Waals surface area contributed by atoms with Gasteiger partial charge < -0.3 is 5.73 Å². The van der Waals surface area contributed by atoms with Gasteiger partial charge in [-0.05, 0) is 55.8 Å². The van der Waals surface area contributed by atoms with Crippen molar-refractivity contribution < 1.29 is 0 Å². The second-order valence-corrected chi connectivity index (χ2v) is 6.78. The summed E-state index contributed by atoms with van der Waals surface area (Å²) in [6.45, 7) is 0. The van der Waals surface area contributed by atoms with Gasteiger partial charge in [-0.3, -0.25) is 9.78 Å². The van der Waals surface area contributed by atoms with E-state index in [4.69, 9.17) is 5.73 Å². The van der Waals surface area contributed by atoms with Crippen LogP contribution < -0.4 is 11.3 Å². The van der Waals surface area contributed by atoms with Gasteiger partial charge in [0.2, 0.25) is 5.95 Å². The first-order chi connectivity index (χ1) is 9.65. The number of anilines is 1. The van der Waals surface area contributed by atoms with E-state index in [0.717, 1.165) is 11.8 Å². The number of aromatic amines is 1. The van der Waals surface area contributed by atoms with E-state index < -0.39 is 0 Å². The summed E-state index contributed by atoms with van der Waals surface area (Å²) in [5.41, 5.74) is 6.16. The molecule has 20 heavy (non-hydrogen) atoms. The monoisotopic (exact) mass is 270 g/mol. The second-order valence-electron chi connectivity index (χ2n) is 6.78. The predicted molar refractivity (Wildman–Crippen MR) is 73.8 cm³/mol. The normalized spacial score (nSPS) is 37.9. The van der Waals surface area contributed by atoms with Gasteiger partial charge >= 0.3 is 0 Å². The fourth-order valence-electron chi connectivity index (χ4n) is 5.23. The molecule has 4 aliphatic rings. The number of rotatable bonds is 1. The lowest BCUT2D eigenvalue weighted by molar-refractivity contribution is -0.00426. The molecule has 1 heterocycles. The van der Waals surface area contributed by atoms with Gasteiger partial charge in [0.1, 0.15) is 11.6 Å². The Morgan fingerprint density at radius 1 is 1.15 bits per heavy atom. The van der Waals surface area contributed by atoms with Crippen LogP contribution in [0.3, 0.4) is 0 Å². The van der Waals surface area contributed by atoms with Crippen molar-refractivity contribution in [3.05, 3.63) is 21.6 Å². The zero-order valence-corrected chi connectivity index (χ0v) is 11.3. The van der Waals surface area contributed by atoms with Gasteiger partial charge in [0, 0.05) is 5.92 Å². The average Bonchev–Trinajstić information content (AvgIpc) is 2.36. The number of nitrogen functional groups attached to an aromatic ring is 1. The molecule has 1 aromatic rings. The maximum atomic E-state index is 11.9. The standard InChI is InChI=1S/C15H18N4O/c16-6-11-13(18-15(17)19-14(11)20)12-9-2-7-1-8(4-9)5-10(12)3-7/h7-10,12H,1-5H2,(H3,17,18,19,20). The molecule has 4 saturated carbocycles. The van der Waals surface area contributed by atoms with E-state index in [1.807, 2.05) is 6.07 Å². The van der Waals surface area contributed by atoms with Gasteiger partial charge in [-0.25, -0.2) is 4.98 Å². The van der Waals surface area contributed by atoms with Crippen molar-refractivity contribution in [1.29, 1.82) is 5.26 Å². The van der Waals surface area contributed by atoms with Crippen LogP contribution in [0.15, 0.2) is 4.79 Å². The molecule has 0 amide bonds. The lowest BCUT2D eigenvalue weighted by Crippen LogP contribution is -2.44. The van der Waals surface area contributed by atoms with Crippen LogP contribution in [0.2, 0.25) is 0 Å². The molecule has 0 saturated heterocycles. The van der Waals surface area contributed by atoms with Gasteiger partial charge in [-0.1, -0.05) is 0 Å². The Bertz CT molecular complexity index is 629. The van der Waals surface area contributed by atoms with Crippen LogP contribution in [0.25, 0.3) is 0 Å². The predicted octanol–water partition coefficient (Wildman–Crippen LogP) is 1.76. The highest BCUT2D eigenvalue weighted by Crippen LogP contribution is 2.59. The third-order valence-corrected chi connectivity index (χ3v) is 5.62. The molecule has 4 fully saturated rings. The molecule has 104 valence electrons. The van der Waals surface area contributed by atoms with E-state index in [-0.39, 0.29) is 23.0 Å². The van der Waals surface area contributed by atoms with Crippen LogP contribution in [0.5, 0.6) is 0 Å². The van der Waals surface area contributed by atoms with Crippen LogP contribution in [-0.2, 0) is 0 Å². The van der Waals surface area contributed by atoms with Crippen LogP contribution in [0.4, 0.5) is 5.95 Å². The first kappa shape index (κ1) is 12.0. The first-order valence-electron chi connectivity index (χ1n) is 7.45. The molecule has 4 bridgehead atoms. The quantitative estimate of drug-likeness (QED) is 0.812. The number of hydrogen-bond acceptors (Lipinski definition) is 4. The van der Waals surface area contributed by atoms with Crippen molar-refractivity contribution in [2.75, 3.05) is 5.73 Å². The van der Waals surface area contributed by atoms with Gasteiger partial charge in [-0.15, -0.1) is 0 Å². The molecular formula is C15H18N4O. The van der Waals surface area contributed by atoms with Gasteiger partial charge in [-0.2, -0.15) is 5.26 Å². The minimum atomic E-state index is -0.385. The summed E-state index contributed by atoms with van der Waals surface area (Å²) < 4.78 is 0. The van der Waals surface area contributed by atoms with Crippen molar-refractivity contribution in [1.82, 2.24) is 9.97 Å². The lowest BCUT2D eigenvalue weighted by Gasteiger charge is -2.54. The lowest BCUT2D eigenvalue weighted by atomic mass is 9.51. The number of nitrogens with zero attached hydrogens (tertiary/aromatic N) is 2. The molecule has 1 aromatic heterocycles. The van der Waals surface area contributed by atoms with Crippen LogP contribution >= 0.6 is 0 Å². The van der Waals surface area contributed by atoms with Crippen LogP contribution in [-0.4, -0.2) is 9.97 Å². The first-order valence-corrected chi connectivity index (χ1v) is 7.45. The Morgan fingerprint density at radius 3 is 2.30 bits per heavy atom. The maximum absolute atomic E-state index is 11.9. The van der Waals surface area contributed by atoms with Crippen molar-refractivity contribution in [3.63, 3.8) is 0 Å². The zero-order valence-electron chi connectivity index (χ0n) is 11.3. The maximum Gasteiger partial charge on any atom is 0.270 e. The molecule has 0 radical (unpaired) electrons. The van der Waals surface area contributed by atoms with E-state index in [2.05, 4.69) is 9.97 Å². The molecule has 3 N–H and O–H groups in total. The number of hydrogen-bond donors (Lipinski definition) is 2. The fraction of sp³-hybridized carbons (Fsp3) is 0.667. The Hall–Kier alpha value is -1.83. The van der Waals surface area contributed by atoms with Crippen molar-refractivity contribution in [2.24, 2.45) is 23.7 Å². The number of nitrogens with one attached hydrogen (secondary N) is 1. The minimum absolute atomic E-state index is 0.137. The SMILES string of the molecule is N#Cc1c(C2C3CC4CC(C3)CC2C4)nc(N)[nH]c1=O. The molecule has 0 spiro atoms. The van der Waals surface area contributed by atoms with Crippen molar-refractivity contribution in [3.8, 4) is 6.07 Å². The van der Waals surface area contributed by atoms with E-state index in [1.165, 1.54) is 32.1 Å². The largest absolute Gasteiger partial charge is 0.369 e. The molecule has 5 rings (SSSR count). The number of aromatic nitrogens is 2. The van der Waals surface area contributed by atoms with E-state index in [9.17, 15) is 10.1 Å². The van der Waals surface area contributed by atoms with Gasteiger partial charge in [0.05, 0.1) is 5.69 Å². The van der Waals surface area contributed by atoms with Crippen molar-refractivity contribution in [2.45, 2.75) is 38.0 Å². The summed E-state index contributed by atoms with van der Waals surface area (Å²) in [5.74, 6) is 3.30. The Morgan fingerprint density at radius 2 is 1.75 bits per heavy atom. The number of nitrogens with two attached hydrogens (primary N) is 1. The van der Waals surface area contributed by atoms with E-state index >= 15 is 0 Å². The third kappa shape index (κ3) is 1.60. The molecule has 0 aromatic carbocycles. The van der Waals surface area contributed by atoms with E-state index in [0.29, 0.717) is 17.5 Å². The Balaban J connectivity index is 1.82. The Kier molecular flexibility index (Phi) is 2.44. The Labute approximate surface area is 117 Å². The highest BCUT2D eigenvalue weighted by atomic mass is 16.1. The molecular weight excluding hydrogens is 252 g/mol. The molecule has 0 atom stereocenters. The van der Waals surface area contributed by atoms with Crippen molar-refractivity contribution >= 4 is 5.95 Å². The summed E-state index contributed by atoms with van der Waals surface area (Å²) in [5, 5.41) is 9.29. The average molecular weight is 270 g/mol. The summed E-state index contributed by atoms with van der Waals surface area (Å²) >= 11 is 0. The summed E-state index contributed by atoms with van der Waals surface area (Å²) in [6.07, 6.45) is 6.32. The second kappa shape index (κ2) is 4.08. The van der Waals surface area contributed by atoms with Gasteiger partial charge in [0.15, 0.2) is 0 Å². The van der Waals surface area contributed by atoms with Crippen LogP contribution in [0.1, 0.15) is 49.3 Å². The van der Waals surface area contributed by atoms with Gasteiger partial charge in [0.25, 0.3) is 5.56 Å². The summed E-state index contributed by atoms with van der Waals surface area (Å²) in [4.78, 5) is 18.7. The molecule has 5 nitrogen and oxygen atoms in total. The highest BCUT2D eigenvalue weighted by molar-refractivity contribution is 5.38. The fourth-order valence-corrected chi connectivity index (χ4v) is 5.23. The molecule has 0 unspecified atom stereocenters. The minimum Gasteiger partial charge on any atom is -0.369 e. The smallest absolute Gasteiger partial charge is 0.270 e. The molecule has 0 aliphatic heterocycles. The van der Waals surface area contributed by atoms with E-state index in [1.54, 1.807) is 0 Å². The summed E-state index contributed by atoms with van der Waals surface area (Å²) in [6, 6.07) is 2.04. The zero-order chi connectivity index (χ0) is 13.9. The summed E-state index contributed by atoms with van der Waals surface area (Å²) in [7, 11) is 0. The molecule has 4 aliphatic carbocycles. The van der Waals surface area contributed by atoms with Crippen LogP contribution in [0, 0.1) is 35.0 Å². The highest BCUT2D eigenvalue weighted by Gasteiger charge is 2.49.